The molecule has 3 aliphatic heterocycles. The van der Waals surface area contributed by atoms with Crippen molar-refractivity contribution in [2.45, 2.75) is 18.6 Å². The van der Waals surface area contributed by atoms with Gasteiger partial charge >= 0.3 is 6.03 Å². The van der Waals surface area contributed by atoms with Gasteiger partial charge in [-0.25, -0.2) is 23.0 Å². The SMILES string of the molecule is CN1CCN(CC(=O)Nc2cnn(C)c2-c2cc(OC3CN(C(=O)N4N=CCC4c4cc(F)cc(F)c4)C3)c(F)cn2)CC1. The molecule has 3 aliphatic rings. The Labute approximate surface area is 251 Å². The highest BCUT2D eigenvalue weighted by molar-refractivity contribution is 5.95. The first-order valence-corrected chi connectivity index (χ1v) is 14.3. The molecule has 0 radical (unpaired) electrons. The van der Waals surface area contributed by atoms with Gasteiger partial charge in [0.05, 0.1) is 49.5 Å². The molecule has 0 bridgehead atoms. The molecular formula is C29H32F3N9O3. The van der Waals surface area contributed by atoms with Crippen molar-refractivity contribution in [1.29, 1.82) is 0 Å². The molecule has 0 spiro atoms. The Hall–Kier alpha value is -4.50. The average Bonchev–Trinajstić information content (AvgIpc) is 3.59. The number of piperazine rings is 1. The molecular weight excluding hydrogens is 579 g/mol. The second kappa shape index (κ2) is 12.2. The number of rotatable bonds is 7. The molecule has 1 unspecified atom stereocenters. The molecule has 44 heavy (non-hydrogen) atoms. The van der Waals surface area contributed by atoms with Gasteiger partial charge in [-0.05, 0) is 24.7 Å². The van der Waals surface area contributed by atoms with E-state index in [2.05, 4.69) is 30.3 Å². The van der Waals surface area contributed by atoms with Crippen LogP contribution in [0.25, 0.3) is 11.4 Å². The fraction of sp³-hybridized carbons (Fsp3) is 0.414. The summed E-state index contributed by atoms with van der Waals surface area (Å²) in [6.07, 6.45) is 3.89. The number of carbonyl (C=O) groups is 2. The Kier molecular flexibility index (Phi) is 8.23. The fourth-order valence-corrected chi connectivity index (χ4v) is 5.51. The number of aromatic nitrogens is 3. The number of likely N-dealkylation sites (tertiary alicyclic amines) is 1. The Morgan fingerprint density at radius 1 is 1.00 bits per heavy atom. The van der Waals surface area contributed by atoms with Crippen LogP contribution in [0, 0.1) is 17.5 Å². The average molecular weight is 612 g/mol. The maximum Gasteiger partial charge on any atom is 0.341 e. The second-order valence-corrected chi connectivity index (χ2v) is 11.2. The number of benzene rings is 1. The largest absolute Gasteiger partial charge is 0.483 e. The number of hydrogen-bond acceptors (Lipinski definition) is 8. The lowest BCUT2D eigenvalue weighted by Gasteiger charge is -2.41. The third-order valence-corrected chi connectivity index (χ3v) is 7.95. The molecule has 15 heteroatoms. The van der Waals surface area contributed by atoms with E-state index in [0.717, 1.165) is 38.4 Å². The molecule has 1 N–H and O–H groups in total. The molecule has 1 atom stereocenters. The highest BCUT2D eigenvalue weighted by Crippen LogP contribution is 2.33. The lowest BCUT2D eigenvalue weighted by atomic mass is 10.0. The monoisotopic (exact) mass is 611 g/mol. The zero-order valence-electron chi connectivity index (χ0n) is 24.3. The summed E-state index contributed by atoms with van der Waals surface area (Å²) in [5.41, 5.74) is 1.58. The first-order chi connectivity index (χ1) is 21.1. The molecule has 12 nitrogen and oxygen atoms in total. The van der Waals surface area contributed by atoms with Crippen LogP contribution >= 0.6 is 0 Å². The lowest BCUT2D eigenvalue weighted by Crippen LogP contribution is -2.58. The summed E-state index contributed by atoms with van der Waals surface area (Å²) in [6.45, 7) is 3.94. The first kappa shape index (κ1) is 29.6. The Bertz CT molecular complexity index is 1560. The standard InChI is InChI=1S/C29H32F3N9O3/c1-37-5-7-39(8-6-37)17-27(42)36-24-14-35-38(2)28(24)23-12-26(22(32)13-33-23)44-21-15-40(16-21)29(43)41-25(3-4-34-41)18-9-19(30)11-20(31)10-18/h4,9-14,21,25H,3,5-8,15-17H2,1-2H3,(H,36,42). The predicted molar refractivity (Wildman–Crippen MR) is 154 cm³/mol. The van der Waals surface area contributed by atoms with Crippen molar-refractivity contribution in [3.8, 4) is 17.1 Å². The number of pyridine rings is 1. The predicted octanol–water partition coefficient (Wildman–Crippen LogP) is 2.70. The van der Waals surface area contributed by atoms with Gasteiger partial charge in [-0.3, -0.25) is 19.4 Å². The van der Waals surface area contributed by atoms with E-state index in [4.69, 9.17) is 4.74 Å². The van der Waals surface area contributed by atoms with E-state index < -0.39 is 35.6 Å². The maximum atomic E-state index is 14.8. The second-order valence-electron chi connectivity index (χ2n) is 11.2. The van der Waals surface area contributed by atoms with Crippen LogP contribution in [0.3, 0.4) is 0 Å². The zero-order chi connectivity index (χ0) is 31.0. The van der Waals surface area contributed by atoms with Crippen molar-refractivity contribution < 1.29 is 27.5 Å². The van der Waals surface area contributed by atoms with E-state index in [1.165, 1.54) is 45.2 Å². The molecule has 2 aromatic heterocycles. The van der Waals surface area contributed by atoms with Gasteiger partial charge in [0.2, 0.25) is 5.91 Å². The molecule has 232 valence electrons. The summed E-state index contributed by atoms with van der Waals surface area (Å²) >= 11 is 0. The Morgan fingerprint density at radius 3 is 2.45 bits per heavy atom. The highest BCUT2D eigenvalue weighted by Gasteiger charge is 2.39. The molecule has 2 saturated heterocycles. The first-order valence-electron chi connectivity index (χ1n) is 14.3. The lowest BCUT2D eigenvalue weighted by molar-refractivity contribution is -0.117. The van der Waals surface area contributed by atoms with Gasteiger partial charge in [-0.15, -0.1) is 0 Å². The fourth-order valence-electron chi connectivity index (χ4n) is 5.51. The summed E-state index contributed by atoms with van der Waals surface area (Å²) in [5, 5.41) is 12.5. The van der Waals surface area contributed by atoms with E-state index in [1.807, 2.05) is 7.05 Å². The van der Waals surface area contributed by atoms with Crippen molar-refractivity contribution >= 4 is 23.8 Å². The third kappa shape index (κ3) is 6.24. The van der Waals surface area contributed by atoms with E-state index in [1.54, 1.807) is 7.05 Å². The maximum absolute atomic E-state index is 14.8. The Morgan fingerprint density at radius 2 is 1.73 bits per heavy atom. The van der Waals surface area contributed by atoms with E-state index in [9.17, 15) is 22.8 Å². The van der Waals surface area contributed by atoms with Gasteiger partial charge in [-0.2, -0.15) is 10.2 Å². The van der Waals surface area contributed by atoms with Crippen LogP contribution in [-0.2, 0) is 11.8 Å². The molecule has 6 rings (SSSR count). The number of likely N-dealkylation sites (N-methyl/N-ethyl adjacent to an activating group) is 1. The third-order valence-electron chi connectivity index (χ3n) is 7.95. The number of carbonyl (C=O) groups excluding carboxylic acids is 2. The van der Waals surface area contributed by atoms with Gasteiger partial charge in [-0.1, -0.05) is 0 Å². The van der Waals surface area contributed by atoms with Gasteiger partial charge in [0.25, 0.3) is 0 Å². The minimum absolute atomic E-state index is 0.0599. The summed E-state index contributed by atoms with van der Waals surface area (Å²) in [7, 11) is 3.74. The van der Waals surface area contributed by atoms with Gasteiger partial charge in [0.1, 0.15) is 23.4 Å². The number of aryl methyl sites for hydroxylation is 1. The van der Waals surface area contributed by atoms with Crippen LogP contribution < -0.4 is 10.1 Å². The summed E-state index contributed by atoms with van der Waals surface area (Å²) in [4.78, 5) is 35.9. The van der Waals surface area contributed by atoms with Crippen LogP contribution in [0.15, 0.2) is 41.8 Å². The van der Waals surface area contributed by atoms with Crippen LogP contribution in [0.2, 0.25) is 0 Å². The number of nitrogens with one attached hydrogen (secondary N) is 1. The zero-order valence-corrected chi connectivity index (χ0v) is 24.3. The number of urea groups is 1. The van der Waals surface area contributed by atoms with Gasteiger partial charge < -0.3 is 19.9 Å². The van der Waals surface area contributed by atoms with E-state index >= 15 is 0 Å². The van der Waals surface area contributed by atoms with Crippen LogP contribution in [-0.4, -0.2) is 112 Å². The number of anilines is 1. The minimum Gasteiger partial charge on any atom is -0.483 e. The molecule has 5 heterocycles. The van der Waals surface area contributed by atoms with Crippen LogP contribution in [0.5, 0.6) is 5.75 Å². The number of amides is 3. The molecule has 3 aromatic rings. The van der Waals surface area contributed by atoms with Crippen molar-refractivity contribution in [3.05, 3.63) is 59.7 Å². The number of halogens is 3. The van der Waals surface area contributed by atoms with Gasteiger partial charge in [0.15, 0.2) is 11.6 Å². The Balaban J connectivity index is 1.08. The van der Waals surface area contributed by atoms with Crippen LogP contribution in [0.1, 0.15) is 18.0 Å². The minimum atomic E-state index is -0.734. The smallest absolute Gasteiger partial charge is 0.341 e. The number of nitrogens with zero attached hydrogens (tertiary/aromatic N) is 8. The topological polar surface area (TPSA) is 111 Å². The highest BCUT2D eigenvalue weighted by atomic mass is 19.1. The number of hydrogen-bond donors (Lipinski definition) is 1. The molecule has 2 fully saturated rings. The van der Waals surface area contributed by atoms with Crippen molar-refractivity contribution in [1.82, 2.24) is 34.5 Å². The molecule has 3 amide bonds. The van der Waals surface area contributed by atoms with Gasteiger partial charge in [0, 0.05) is 58.0 Å². The van der Waals surface area contributed by atoms with Crippen molar-refractivity contribution in [3.63, 3.8) is 0 Å². The van der Waals surface area contributed by atoms with E-state index in [-0.39, 0.29) is 31.3 Å². The summed E-state index contributed by atoms with van der Waals surface area (Å²) in [6, 6.07) is 3.49. The summed E-state index contributed by atoms with van der Waals surface area (Å²) < 4.78 is 49.8. The van der Waals surface area contributed by atoms with Crippen molar-refractivity contribution in [2.75, 3.05) is 58.2 Å². The number of ether oxygens (including phenoxy) is 1. The summed E-state index contributed by atoms with van der Waals surface area (Å²) in [5.74, 6) is -2.40. The normalized spacial score (nSPS) is 19.3. The quantitative estimate of drug-likeness (QED) is 0.438. The molecule has 0 saturated carbocycles. The van der Waals surface area contributed by atoms with E-state index in [0.29, 0.717) is 29.1 Å². The molecule has 0 aliphatic carbocycles. The molecule has 1 aromatic carbocycles. The van der Waals surface area contributed by atoms with Crippen molar-refractivity contribution in [2.24, 2.45) is 12.1 Å². The van der Waals surface area contributed by atoms with Crippen LogP contribution in [0.4, 0.5) is 23.7 Å². The number of hydrazone groups is 1.